The molecule has 192 valence electrons. The van der Waals surface area contributed by atoms with Crippen molar-refractivity contribution in [1.82, 2.24) is 28.8 Å². The number of alkyl halides is 1. The Hall–Kier alpha value is -4.29. The Morgan fingerprint density at radius 1 is 1.27 bits per heavy atom. The van der Waals surface area contributed by atoms with E-state index in [-0.39, 0.29) is 36.1 Å². The summed E-state index contributed by atoms with van der Waals surface area (Å²) in [5.74, 6) is 1.21. The molecule has 6 rings (SSSR count). The van der Waals surface area contributed by atoms with Gasteiger partial charge < -0.3 is 19.3 Å². The van der Waals surface area contributed by atoms with E-state index in [1.165, 1.54) is 22.5 Å². The maximum atomic E-state index is 14.2. The molecular formula is C24H25FN8O4. The minimum Gasteiger partial charge on any atom is -0.361 e. The van der Waals surface area contributed by atoms with Gasteiger partial charge in [0.25, 0.3) is 5.56 Å². The summed E-state index contributed by atoms with van der Waals surface area (Å²) in [6.45, 7) is 4.26. The molecule has 1 aliphatic carbocycles. The van der Waals surface area contributed by atoms with E-state index >= 15 is 0 Å². The number of aryl methyl sites for hydroxylation is 2. The zero-order valence-corrected chi connectivity index (χ0v) is 20.5. The van der Waals surface area contributed by atoms with Gasteiger partial charge >= 0.3 is 5.69 Å². The maximum Gasteiger partial charge on any atom is 0.332 e. The Kier molecular flexibility index (Phi) is 5.07. The summed E-state index contributed by atoms with van der Waals surface area (Å²) in [6, 6.07) is 6.92. The summed E-state index contributed by atoms with van der Waals surface area (Å²) in [4.78, 5) is 49.7. The zero-order chi connectivity index (χ0) is 26.1. The number of nitrogens with zero attached hydrogens (tertiary/aromatic N) is 7. The van der Waals surface area contributed by atoms with Crippen molar-refractivity contribution in [1.29, 1.82) is 0 Å². The van der Waals surface area contributed by atoms with E-state index in [0.717, 1.165) is 4.57 Å². The van der Waals surface area contributed by atoms with Crippen LogP contribution in [0.1, 0.15) is 18.4 Å². The summed E-state index contributed by atoms with van der Waals surface area (Å²) in [7, 11) is 1.51. The van der Waals surface area contributed by atoms with Crippen LogP contribution < -0.4 is 21.5 Å². The third kappa shape index (κ3) is 3.81. The number of nitrogens with one attached hydrogen (secondary N) is 1. The van der Waals surface area contributed by atoms with Gasteiger partial charge in [-0.2, -0.15) is 0 Å². The SMILES string of the molecule is Cc1cc(Cn2c(=O)c3c(ncn3CC(=O)Nc3cccc(N4CC5C(C4)C5(C)F)n3)n(C)c2=O)no1. The third-order valence-corrected chi connectivity index (χ3v) is 7.40. The van der Waals surface area contributed by atoms with Crippen LogP contribution >= 0.6 is 0 Å². The average molecular weight is 509 g/mol. The molecule has 5 heterocycles. The predicted molar refractivity (Wildman–Crippen MR) is 131 cm³/mol. The first-order valence-electron chi connectivity index (χ1n) is 11.9. The van der Waals surface area contributed by atoms with Gasteiger partial charge in [0.15, 0.2) is 11.2 Å². The molecule has 4 aromatic rings. The second kappa shape index (κ2) is 8.11. The van der Waals surface area contributed by atoms with Gasteiger partial charge in [-0.25, -0.2) is 19.2 Å². The minimum atomic E-state index is -1.09. The third-order valence-electron chi connectivity index (χ3n) is 7.40. The topological polar surface area (TPSA) is 133 Å². The second-order valence-corrected chi connectivity index (χ2v) is 9.90. The van der Waals surface area contributed by atoms with Gasteiger partial charge in [-0.1, -0.05) is 11.2 Å². The number of carbonyl (C=O) groups excluding carboxylic acids is 1. The number of hydrogen-bond donors (Lipinski definition) is 1. The fraction of sp³-hybridized carbons (Fsp3) is 0.417. The molecule has 1 saturated heterocycles. The van der Waals surface area contributed by atoms with Crippen LogP contribution in [0.3, 0.4) is 0 Å². The normalized spacial score (nSPS) is 22.4. The minimum absolute atomic E-state index is 0.0235. The van der Waals surface area contributed by atoms with Gasteiger partial charge in [-0.15, -0.1) is 0 Å². The van der Waals surface area contributed by atoms with E-state index in [2.05, 4.69) is 20.4 Å². The van der Waals surface area contributed by atoms with Crippen molar-refractivity contribution < 1.29 is 13.7 Å². The molecule has 1 saturated carbocycles. The standard InChI is InChI=1S/C24H25FN8O4/c1-13-7-14(29-37-13)8-33-22(35)20-21(30(3)23(33)36)26-12-32(20)11-19(34)28-17-5-4-6-18(27-17)31-9-15-16(10-31)24(15,2)25/h4-7,12,15-16H,8-11H2,1-3H3,(H,27,28,34). The number of hydrogen-bond acceptors (Lipinski definition) is 8. The largest absolute Gasteiger partial charge is 0.361 e. The van der Waals surface area contributed by atoms with Crippen LogP contribution in [-0.4, -0.2) is 53.5 Å². The lowest BCUT2D eigenvalue weighted by atomic mass is 10.2. The van der Waals surface area contributed by atoms with Gasteiger partial charge in [-0.3, -0.25) is 18.7 Å². The van der Waals surface area contributed by atoms with E-state index in [9.17, 15) is 18.8 Å². The molecule has 0 aromatic carbocycles. The van der Waals surface area contributed by atoms with Crippen LogP contribution in [0.25, 0.3) is 11.2 Å². The molecule has 0 bridgehead atoms. The average Bonchev–Trinajstić information content (AvgIpc) is 3.40. The summed E-state index contributed by atoms with van der Waals surface area (Å²) in [6.07, 6.45) is 1.35. The highest BCUT2D eigenvalue weighted by molar-refractivity contribution is 5.90. The van der Waals surface area contributed by atoms with Crippen molar-refractivity contribution >= 4 is 28.7 Å². The molecule has 0 radical (unpaired) electrons. The highest BCUT2D eigenvalue weighted by Crippen LogP contribution is 2.58. The van der Waals surface area contributed by atoms with Crippen molar-refractivity contribution in [2.45, 2.75) is 32.6 Å². The van der Waals surface area contributed by atoms with Crippen molar-refractivity contribution in [3.05, 3.63) is 62.9 Å². The number of rotatable bonds is 6. The van der Waals surface area contributed by atoms with Crippen LogP contribution in [-0.2, 0) is 24.9 Å². The smallest absolute Gasteiger partial charge is 0.332 e. The summed E-state index contributed by atoms with van der Waals surface area (Å²) in [5, 5.41) is 6.61. The van der Waals surface area contributed by atoms with Crippen LogP contribution in [0.5, 0.6) is 0 Å². The Morgan fingerprint density at radius 2 is 2.03 bits per heavy atom. The van der Waals surface area contributed by atoms with Crippen LogP contribution in [0.2, 0.25) is 0 Å². The Labute approximate surface area is 209 Å². The molecule has 1 amide bonds. The molecule has 0 spiro atoms. The first-order chi connectivity index (χ1) is 17.6. The molecule has 1 N–H and O–H groups in total. The number of aromatic nitrogens is 6. The monoisotopic (exact) mass is 508 g/mol. The Morgan fingerprint density at radius 3 is 2.73 bits per heavy atom. The lowest BCUT2D eigenvalue weighted by molar-refractivity contribution is -0.116. The van der Waals surface area contributed by atoms with E-state index in [1.54, 1.807) is 32.0 Å². The van der Waals surface area contributed by atoms with E-state index < -0.39 is 22.8 Å². The number of pyridine rings is 1. The van der Waals surface area contributed by atoms with Gasteiger partial charge in [0.2, 0.25) is 5.91 Å². The maximum absolute atomic E-state index is 14.2. The first kappa shape index (κ1) is 23.1. The van der Waals surface area contributed by atoms with E-state index in [4.69, 9.17) is 4.52 Å². The second-order valence-electron chi connectivity index (χ2n) is 9.90. The summed E-state index contributed by atoms with van der Waals surface area (Å²) >= 11 is 0. The number of amides is 1. The molecular weight excluding hydrogens is 483 g/mol. The van der Waals surface area contributed by atoms with Crippen molar-refractivity contribution in [2.24, 2.45) is 18.9 Å². The van der Waals surface area contributed by atoms with E-state index in [1.807, 2.05) is 11.0 Å². The first-order valence-corrected chi connectivity index (χ1v) is 11.9. The number of piperidine rings is 1. The molecule has 2 atom stereocenters. The molecule has 2 unspecified atom stereocenters. The zero-order valence-electron chi connectivity index (χ0n) is 20.5. The number of imidazole rings is 1. The number of halogens is 1. The van der Waals surface area contributed by atoms with Crippen LogP contribution in [0.4, 0.5) is 16.0 Å². The van der Waals surface area contributed by atoms with Gasteiger partial charge in [0.05, 0.1) is 12.9 Å². The lowest BCUT2D eigenvalue weighted by Crippen LogP contribution is -2.40. The Balaban J connectivity index is 1.22. The molecule has 2 fully saturated rings. The van der Waals surface area contributed by atoms with Crippen molar-refractivity contribution in [3.63, 3.8) is 0 Å². The Bertz CT molecular complexity index is 1650. The van der Waals surface area contributed by atoms with Gasteiger partial charge in [0.1, 0.15) is 35.3 Å². The highest BCUT2D eigenvalue weighted by Gasteiger charge is 2.66. The van der Waals surface area contributed by atoms with Crippen molar-refractivity contribution in [2.75, 3.05) is 23.3 Å². The number of carbonyl (C=O) groups is 1. The summed E-state index contributed by atoms with van der Waals surface area (Å²) in [5.41, 5.74) is -1.52. The van der Waals surface area contributed by atoms with Gasteiger partial charge in [-0.05, 0) is 26.0 Å². The fourth-order valence-electron chi connectivity index (χ4n) is 5.25. The predicted octanol–water partition coefficient (Wildman–Crippen LogP) is 1.07. The van der Waals surface area contributed by atoms with Crippen molar-refractivity contribution in [3.8, 4) is 0 Å². The lowest BCUT2D eigenvalue weighted by Gasteiger charge is -2.22. The molecule has 4 aromatic heterocycles. The quantitative estimate of drug-likeness (QED) is 0.409. The van der Waals surface area contributed by atoms with Crippen LogP contribution in [0.15, 0.2) is 44.7 Å². The molecule has 37 heavy (non-hydrogen) atoms. The highest BCUT2D eigenvalue weighted by atomic mass is 19.1. The van der Waals surface area contributed by atoms with Crippen LogP contribution in [0, 0.1) is 18.8 Å². The number of anilines is 2. The molecule has 2 aliphatic rings. The molecule has 13 heteroatoms. The van der Waals surface area contributed by atoms with Gasteiger partial charge in [0, 0.05) is 38.0 Å². The van der Waals surface area contributed by atoms with E-state index in [0.29, 0.717) is 36.2 Å². The fourth-order valence-corrected chi connectivity index (χ4v) is 5.25. The molecule has 12 nitrogen and oxygen atoms in total. The molecule has 1 aliphatic heterocycles. The number of fused-ring (bicyclic) bond motifs is 2. The summed E-state index contributed by atoms with van der Waals surface area (Å²) < 4.78 is 22.9.